The third kappa shape index (κ3) is 2.54. The molecule has 1 unspecified atom stereocenters. The minimum absolute atomic E-state index is 0.240. The summed E-state index contributed by atoms with van der Waals surface area (Å²) in [4.78, 5) is 10.4. The Morgan fingerprint density at radius 1 is 1.56 bits per heavy atom. The molecule has 1 atom stereocenters. The number of aryl methyl sites for hydroxylation is 1. The molecule has 2 rings (SSSR count). The van der Waals surface area contributed by atoms with Crippen LogP contribution in [-0.2, 0) is 17.6 Å². The number of aliphatic carboxylic acids is 1. The highest BCUT2D eigenvalue weighted by atomic mass is 16.5. The lowest BCUT2D eigenvalue weighted by Gasteiger charge is -2.03. The van der Waals surface area contributed by atoms with Crippen LogP contribution in [0.1, 0.15) is 30.9 Å². The van der Waals surface area contributed by atoms with Crippen LogP contribution < -0.4 is 4.74 Å². The average Bonchev–Trinajstić information content (AvgIpc) is 2.56. The Kier molecular flexibility index (Phi) is 3.13. The molecular weight excluding hydrogens is 204 g/mol. The minimum atomic E-state index is -0.724. The molecule has 16 heavy (non-hydrogen) atoms. The van der Waals surface area contributed by atoms with Crippen molar-refractivity contribution in [1.82, 2.24) is 0 Å². The van der Waals surface area contributed by atoms with Gasteiger partial charge in [0.25, 0.3) is 0 Å². The van der Waals surface area contributed by atoms with Crippen molar-refractivity contribution in [3.8, 4) is 5.75 Å². The molecule has 0 saturated heterocycles. The zero-order valence-electron chi connectivity index (χ0n) is 9.40. The summed E-state index contributed by atoms with van der Waals surface area (Å²) in [5, 5.41) is 8.56. The van der Waals surface area contributed by atoms with Crippen molar-refractivity contribution in [3.63, 3.8) is 0 Å². The number of ether oxygens (including phenoxy) is 1. The molecule has 0 bridgehead atoms. The van der Waals surface area contributed by atoms with E-state index in [1.807, 2.05) is 12.1 Å². The Bertz CT molecular complexity index is 398. The highest BCUT2D eigenvalue weighted by molar-refractivity contribution is 5.66. The number of hydrogen-bond acceptors (Lipinski definition) is 2. The van der Waals surface area contributed by atoms with Crippen LogP contribution in [0.2, 0.25) is 0 Å². The molecule has 0 amide bonds. The van der Waals surface area contributed by atoms with Crippen LogP contribution in [0.25, 0.3) is 0 Å². The summed E-state index contributed by atoms with van der Waals surface area (Å²) >= 11 is 0. The molecule has 3 heteroatoms. The molecule has 1 aliphatic heterocycles. The molecule has 0 saturated carbocycles. The Labute approximate surface area is 95.0 Å². The van der Waals surface area contributed by atoms with E-state index >= 15 is 0 Å². The van der Waals surface area contributed by atoms with Gasteiger partial charge in [0.1, 0.15) is 11.9 Å². The molecule has 0 aliphatic carbocycles. The maximum Gasteiger partial charge on any atom is 0.303 e. The van der Waals surface area contributed by atoms with Crippen LogP contribution >= 0.6 is 0 Å². The predicted octanol–water partition coefficient (Wildman–Crippen LogP) is 2.42. The van der Waals surface area contributed by atoms with Crippen molar-refractivity contribution in [2.45, 2.75) is 38.7 Å². The Morgan fingerprint density at radius 3 is 3.12 bits per heavy atom. The fourth-order valence-electron chi connectivity index (χ4n) is 2.07. The molecule has 0 aromatic heterocycles. The highest BCUT2D eigenvalue weighted by Gasteiger charge is 2.18. The normalized spacial score (nSPS) is 17.9. The summed E-state index contributed by atoms with van der Waals surface area (Å²) in [5.74, 6) is 0.257. The van der Waals surface area contributed by atoms with Gasteiger partial charge in [-0.2, -0.15) is 0 Å². The van der Waals surface area contributed by atoms with E-state index in [0.29, 0.717) is 6.42 Å². The van der Waals surface area contributed by atoms with Gasteiger partial charge in [0, 0.05) is 12.8 Å². The quantitative estimate of drug-likeness (QED) is 0.847. The van der Waals surface area contributed by atoms with Crippen molar-refractivity contribution in [2.75, 3.05) is 0 Å². The van der Waals surface area contributed by atoms with Gasteiger partial charge in [0.2, 0.25) is 0 Å². The lowest BCUT2D eigenvalue weighted by Crippen LogP contribution is -2.05. The maximum atomic E-state index is 10.4. The van der Waals surface area contributed by atoms with Crippen LogP contribution in [-0.4, -0.2) is 17.2 Å². The van der Waals surface area contributed by atoms with Gasteiger partial charge in [0.05, 0.1) is 0 Å². The second kappa shape index (κ2) is 4.56. The molecule has 0 fully saturated rings. The van der Waals surface area contributed by atoms with Gasteiger partial charge in [-0.05, 0) is 37.0 Å². The van der Waals surface area contributed by atoms with Gasteiger partial charge in [0.15, 0.2) is 0 Å². The number of rotatable bonds is 4. The third-order valence-corrected chi connectivity index (χ3v) is 2.82. The standard InChI is InChI=1S/C13H16O3/c1-9-7-11-8-10(3-2-4-13(14)15)5-6-12(11)16-9/h5-6,8-9H,2-4,7H2,1H3,(H,14,15). The molecular formula is C13H16O3. The smallest absolute Gasteiger partial charge is 0.303 e. The van der Waals surface area contributed by atoms with E-state index in [4.69, 9.17) is 9.84 Å². The number of carboxylic acids is 1. The largest absolute Gasteiger partial charge is 0.490 e. The maximum absolute atomic E-state index is 10.4. The summed E-state index contributed by atoms with van der Waals surface area (Å²) in [6, 6.07) is 6.16. The van der Waals surface area contributed by atoms with Crippen molar-refractivity contribution < 1.29 is 14.6 Å². The number of carboxylic acid groups (broad SMARTS) is 1. The van der Waals surface area contributed by atoms with Crippen LogP contribution in [0.15, 0.2) is 18.2 Å². The van der Waals surface area contributed by atoms with E-state index in [-0.39, 0.29) is 12.5 Å². The first-order valence-electron chi connectivity index (χ1n) is 5.65. The molecule has 1 N–H and O–H groups in total. The molecule has 1 aromatic rings. The van der Waals surface area contributed by atoms with Gasteiger partial charge in [-0.25, -0.2) is 0 Å². The fourth-order valence-corrected chi connectivity index (χ4v) is 2.07. The lowest BCUT2D eigenvalue weighted by atomic mass is 10.0. The summed E-state index contributed by atoms with van der Waals surface area (Å²) in [5.41, 5.74) is 2.46. The molecule has 1 heterocycles. The first-order chi connectivity index (χ1) is 7.65. The van der Waals surface area contributed by atoms with Gasteiger partial charge in [-0.15, -0.1) is 0 Å². The van der Waals surface area contributed by atoms with Crippen LogP contribution in [0.5, 0.6) is 5.75 Å². The third-order valence-electron chi connectivity index (χ3n) is 2.82. The van der Waals surface area contributed by atoms with Crippen LogP contribution in [0.3, 0.4) is 0 Å². The van der Waals surface area contributed by atoms with Gasteiger partial charge in [-0.3, -0.25) is 4.79 Å². The zero-order valence-corrected chi connectivity index (χ0v) is 9.40. The van der Waals surface area contributed by atoms with Crippen molar-refractivity contribution in [1.29, 1.82) is 0 Å². The molecule has 0 spiro atoms. The zero-order chi connectivity index (χ0) is 11.5. The second-order valence-electron chi connectivity index (χ2n) is 4.32. The number of benzene rings is 1. The Hall–Kier alpha value is -1.51. The Balaban J connectivity index is 1.97. The van der Waals surface area contributed by atoms with Crippen LogP contribution in [0, 0.1) is 0 Å². The number of carbonyl (C=O) groups is 1. The second-order valence-corrected chi connectivity index (χ2v) is 4.32. The number of hydrogen-bond donors (Lipinski definition) is 1. The Morgan fingerprint density at radius 2 is 2.38 bits per heavy atom. The fraction of sp³-hybridized carbons (Fsp3) is 0.462. The molecule has 0 radical (unpaired) electrons. The SMILES string of the molecule is CC1Cc2cc(CCCC(=O)O)ccc2O1. The summed E-state index contributed by atoms with van der Waals surface area (Å²) in [7, 11) is 0. The number of fused-ring (bicyclic) bond motifs is 1. The van der Waals surface area contributed by atoms with Crippen molar-refractivity contribution >= 4 is 5.97 Å². The minimum Gasteiger partial charge on any atom is -0.490 e. The topological polar surface area (TPSA) is 46.5 Å². The monoisotopic (exact) mass is 220 g/mol. The summed E-state index contributed by atoms with van der Waals surface area (Å²) < 4.78 is 5.61. The van der Waals surface area contributed by atoms with E-state index in [0.717, 1.165) is 18.6 Å². The predicted molar refractivity (Wildman–Crippen MR) is 60.8 cm³/mol. The summed E-state index contributed by atoms with van der Waals surface area (Å²) in [6.07, 6.45) is 2.99. The van der Waals surface area contributed by atoms with E-state index in [2.05, 4.69) is 13.0 Å². The molecule has 3 nitrogen and oxygen atoms in total. The van der Waals surface area contributed by atoms with Crippen molar-refractivity contribution in [3.05, 3.63) is 29.3 Å². The highest BCUT2D eigenvalue weighted by Crippen LogP contribution is 2.29. The van der Waals surface area contributed by atoms with Gasteiger partial charge < -0.3 is 9.84 Å². The van der Waals surface area contributed by atoms with Crippen LogP contribution in [0.4, 0.5) is 0 Å². The lowest BCUT2D eigenvalue weighted by molar-refractivity contribution is -0.137. The first kappa shape index (κ1) is 11.0. The average molecular weight is 220 g/mol. The molecule has 1 aliphatic rings. The van der Waals surface area contributed by atoms with E-state index in [1.165, 1.54) is 11.1 Å². The van der Waals surface area contributed by atoms with Crippen molar-refractivity contribution in [2.24, 2.45) is 0 Å². The van der Waals surface area contributed by atoms with E-state index < -0.39 is 5.97 Å². The van der Waals surface area contributed by atoms with Gasteiger partial charge in [-0.1, -0.05) is 12.1 Å². The van der Waals surface area contributed by atoms with Gasteiger partial charge >= 0.3 is 5.97 Å². The van der Waals surface area contributed by atoms with E-state index in [9.17, 15) is 4.79 Å². The molecule has 86 valence electrons. The van der Waals surface area contributed by atoms with E-state index in [1.54, 1.807) is 0 Å². The summed E-state index contributed by atoms with van der Waals surface area (Å²) in [6.45, 7) is 2.06. The first-order valence-corrected chi connectivity index (χ1v) is 5.65. The molecule has 1 aromatic carbocycles.